The molecule has 0 saturated carbocycles. The van der Waals surface area contributed by atoms with Crippen molar-refractivity contribution in [2.24, 2.45) is 5.92 Å². The summed E-state index contributed by atoms with van der Waals surface area (Å²) in [5.74, 6) is -1.28. The average Bonchev–Trinajstić information content (AvgIpc) is 2.91. The van der Waals surface area contributed by atoms with E-state index in [-0.39, 0.29) is 10.8 Å². The minimum atomic E-state index is -1.04. The third-order valence-electron chi connectivity index (χ3n) is 4.14. The van der Waals surface area contributed by atoms with Crippen molar-refractivity contribution in [3.8, 4) is 6.07 Å². The molecular formula is C18H19ClN2O3S. The molecule has 1 aromatic heterocycles. The van der Waals surface area contributed by atoms with Crippen LogP contribution in [0.2, 0.25) is 5.02 Å². The van der Waals surface area contributed by atoms with Crippen LogP contribution in [0.25, 0.3) is 10.1 Å². The van der Waals surface area contributed by atoms with Crippen molar-refractivity contribution in [3.63, 3.8) is 0 Å². The van der Waals surface area contributed by atoms with Crippen molar-refractivity contribution in [3.05, 3.63) is 34.2 Å². The number of nitriles is 1. The van der Waals surface area contributed by atoms with E-state index in [1.807, 2.05) is 38.1 Å². The Morgan fingerprint density at radius 2 is 1.96 bits per heavy atom. The summed E-state index contributed by atoms with van der Waals surface area (Å²) in [5, 5.41) is 13.0. The van der Waals surface area contributed by atoms with E-state index in [1.54, 1.807) is 6.92 Å². The molecule has 0 saturated heterocycles. The maximum atomic E-state index is 12.4. The number of benzene rings is 1. The van der Waals surface area contributed by atoms with Gasteiger partial charge in [0.1, 0.15) is 10.4 Å². The number of hydrogen-bond acceptors (Lipinski definition) is 5. The molecule has 0 aliphatic rings. The Hall–Kier alpha value is -2.10. The number of hydrogen-bond donors (Lipinski definition) is 1. The van der Waals surface area contributed by atoms with E-state index in [4.69, 9.17) is 16.3 Å². The van der Waals surface area contributed by atoms with E-state index in [2.05, 4.69) is 11.4 Å². The van der Waals surface area contributed by atoms with Gasteiger partial charge >= 0.3 is 5.97 Å². The van der Waals surface area contributed by atoms with E-state index >= 15 is 0 Å². The topological polar surface area (TPSA) is 79.2 Å². The molecule has 2 aromatic rings. The number of fused-ring (bicyclic) bond motifs is 1. The molecule has 0 bridgehead atoms. The molecule has 7 heteroatoms. The maximum Gasteiger partial charge on any atom is 0.350 e. The van der Waals surface area contributed by atoms with Gasteiger partial charge in [-0.15, -0.1) is 11.3 Å². The summed E-state index contributed by atoms with van der Waals surface area (Å²) < 4.78 is 6.11. The van der Waals surface area contributed by atoms with Crippen LogP contribution in [-0.2, 0) is 9.53 Å². The summed E-state index contributed by atoms with van der Waals surface area (Å²) in [4.78, 5) is 24.9. The Bertz CT molecular complexity index is 856. The van der Waals surface area contributed by atoms with Gasteiger partial charge in [0.25, 0.3) is 5.91 Å². The summed E-state index contributed by atoms with van der Waals surface area (Å²) >= 11 is 7.47. The number of rotatable bonds is 5. The van der Waals surface area contributed by atoms with Gasteiger partial charge in [-0.1, -0.05) is 43.6 Å². The second-order valence-corrected chi connectivity index (χ2v) is 7.68. The first-order chi connectivity index (χ1) is 11.7. The number of amides is 1. The summed E-state index contributed by atoms with van der Waals surface area (Å²) in [6, 6.07) is 9.46. The number of halogens is 1. The lowest BCUT2D eigenvalue weighted by molar-refractivity contribution is -0.130. The van der Waals surface area contributed by atoms with Crippen molar-refractivity contribution in [2.45, 2.75) is 39.3 Å². The summed E-state index contributed by atoms with van der Waals surface area (Å²) in [5.41, 5.74) is -1.03. The van der Waals surface area contributed by atoms with Gasteiger partial charge in [0.15, 0.2) is 6.10 Å². The number of ether oxygens (including phenoxy) is 1. The number of nitrogens with one attached hydrogen (secondary N) is 1. The monoisotopic (exact) mass is 378 g/mol. The van der Waals surface area contributed by atoms with E-state index in [1.165, 1.54) is 18.3 Å². The number of nitrogens with zero attached hydrogens (tertiary/aromatic N) is 1. The lowest BCUT2D eigenvalue weighted by Gasteiger charge is -2.28. The van der Waals surface area contributed by atoms with Crippen LogP contribution in [0.4, 0.5) is 0 Å². The summed E-state index contributed by atoms with van der Waals surface area (Å²) in [6.07, 6.45) is -1.04. The largest absolute Gasteiger partial charge is 0.448 e. The number of carbonyl (C=O) groups is 2. The van der Waals surface area contributed by atoms with Crippen LogP contribution in [0.1, 0.15) is 37.4 Å². The van der Waals surface area contributed by atoms with Gasteiger partial charge < -0.3 is 10.1 Å². The van der Waals surface area contributed by atoms with Crippen LogP contribution in [-0.4, -0.2) is 23.5 Å². The zero-order valence-electron chi connectivity index (χ0n) is 14.4. The summed E-state index contributed by atoms with van der Waals surface area (Å²) in [6.45, 7) is 6.76. The Balaban J connectivity index is 2.13. The minimum Gasteiger partial charge on any atom is -0.448 e. The van der Waals surface area contributed by atoms with Crippen molar-refractivity contribution in [2.75, 3.05) is 0 Å². The smallest absolute Gasteiger partial charge is 0.350 e. The molecule has 0 aliphatic carbocycles. The molecule has 1 amide bonds. The van der Waals surface area contributed by atoms with Crippen molar-refractivity contribution in [1.29, 1.82) is 5.26 Å². The Morgan fingerprint density at radius 3 is 2.52 bits per heavy atom. The molecule has 25 heavy (non-hydrogen) atoms. The third-order valence-corrected chi connectivity index (χ3v) is 5.80. The van der Waals surface area contributed by atoms with Crippen molar-refractivity contribution >= 4 is 44.9 Å². The molecule has 1 aromatic carbocycles. The highest BCUT2D eigenvalue weighted by Gasteiger charge is 2.33. The van der Waals surface area contributed by atoms with E-state index in [0.29, 0.717) is 5.02 Å². The fourth-order valence-corrected chi connectivity index (χ4v) is 3.46. The van der Waals surface area contributed by atoms with Gasteiger partial charge in [-0.25, -0.2) is 4.79 Å². The molecule has 0 fully saturated rings. The standard InChI is InChI=1S/C18H19ClN2O3S/c1-10(2)18(4,9-20)21-16(22)11(3)24-17(23)15-14(19)12-7-5-6-8-13(12)25-15/h5-8,10-11H,1-4H3,(H,21,22)/t11-,18+/m1/s1. The first kappa shape index (κ1) is 19.2. The number of carbonyl (C=O) groups excluding carboxylic acids is 2. The quantitative estimate of drug-likeness (QED) is 0.792. The fraction of sp³-hybridized carbons (Fsp3) is 0.389. The zero-order chi connectivity index (χ0) is 18.8. The van der Waals surface area contributed by atoms with Gasteiger partial charge in [0, 0.05) is 10.1 Å². The molecule has 0 spiro atoms. The number of thiophene rings is 1. The predicted molar refractivity (Wildman–Crippen MR) is 98.7 cm³/mol. The van der Waals surface area contributed by atoms with Crippen LogP contribution in [0.5, 0.6) is 0 Å². The van der Waals surface area contributed by atoms with Gasteiger partial charge in [-0.2, -0.15) is 5.26 Å². The summed E-state index contributed by atoms with van der Waals surface area (Å²) in [7, 11) is 0. The molecule has 5 nitrogen and oxygen atoms in total. The molecular weight excluding hydrogens is 360 g/mol. The van der Waals surface area contributed by atoms with Crippen molar-refractivity contribution < 1.29 is 14.3 Å². The zero-order valence-corrected chi connectivity index (χ0v) is 16.0. The van der Waals surface area contributed by atoms with Crippen LogP contribution in [0, 0.1) is 17.2 Å². The van der Waals surface area contributed by atoms with E-state index < -0.39 is 23.5 Å². The average molecular weight is 379 g/mol. The minimum absolute atomic E-state index is 0.0959. The first-order valence-electron chi connectivity index (χ1n) is 7.81. The van der Waals surface area contributed by atoms with Crippen molar-refractivity contribution in [1.82, 2.24) is 5.32 Å². The molecule has 0 aliphatic heterocycles. The first-order valence-corrected chi connectivity index (χ1v) is 9.00. The second kappa shape index (κ2) is 7.42. The lowest BCUT2D eigenvalue weighted by atomic mass is 9.90. The Morgan fingerprint density at radius 1 is 1.32 bits per heavy atom. The molecule has 0 radical (unpaired) electrons. The highest BCUT2D eigenvalue weighted by molar-refractivity contribution is 7.21. The van der Waals surface area contributed by atoms with Gasteiger partial charge in [-0.05, 0) is 25.8 Å². The normalized spacial score (nSPS) is 14.6. The van der Waals surface area contributed by atoms with Crippen LogP contribution < -0.4 is 5.32 Å². The van der Waals surface area contributed by atoms with Gasteiger partial charge in [-0.3, -0.25) is 4.79 Å². The van der Waals surface area contributed by atoms with E-state index in [0.717, 1.165) is 10.1 Å². The molecule has 2 rings (SSSR count). The molecule has 132 valence electrons. The lowest BCUT2D eigenvalue weighted by Crippen LogP contribution is -2.52. The molecule has 2 atom stereocenters. The predicted octanol–water partition coefficient (Wildman–Crippen LogP) is 4.15. The van der Waals surface area contributed by atoms with Gasteiger partial charge in [0.05, 0.1) is 11.1 Å². The SMILES string of the molecule is CC(C)[C@](C)(C#N)NC(=O)[C@@H](C)OC(=O)c1sc2ccccc2c1Cl. The molecule has 0 unspecified atom stereocenters. The second-order valence-electron chi connectivity index (χ2n) is 6.25. The van der Waals surface area contributed by atoms with Crippen LogP contribution in [0.15, 0.2) is 24.3 Å². The fourth-order valence-electron chi connectivity index (χ4n) is 2.07. The van der Waals surface area contributed by atoms with Crippen LogP contribution in [0.3, 0.4) is 0 Å². The Kier molecular flexibility index (Phi) is 5.71. The highest BCUT2D eigenvalue weighted by atomic mass is 35.5. The van der Waals surface area contributed by atoms with Crippen LogP contribution >= 0.6 is 22.9 Å². The molecule has 1 heterocycles. The highest BCUT2D eigenvalue weighted by Crippen LogP contribution is 2.35. The van der Waals surface area contributed by atoms with E-state index in [9.17, 15) is 14.9 Å². The third kappa shape index (κ3) is 3.94. The molecule has 1 N–H and O–H groups in total. The van der Waals surface area contributed by atoms with Gasteiger partial charge in [0.2, 0.25) is 0 Å². The maximum absolute atomic E-state index is 12.4. The number of esters is 1. The Labute approximate surface area is 155 Å².